The van der Waals surface area contributed by atoms with E-state index in [1.54, 1.807) is 35.3 Å². The molecule has 20 heavy (non-hydrogen) atoms. The van der Waals surface area contributed by atoms with Crippen LogP contribution in [0.15, 0.2) is 30.6 Å². The number of hydrogen-bond acceptors (Lipinski definition) is 2. The van der Waals surface area contributed by atoms with E-state index in [1.165, 1.54) is 0 Å². The maximum absolute atomic E-state index is 6.06. The van der Waals surface area contributed by atoms with Crippen molar-refractivity contribution in [2.24, 2.45) is 0 Å². The lowest BCUT2D eigenvalue weighted by molar-refractivity contribution is 0.604. The number of aromatic nitrogens is 2. The van der Waals surface area contributed by atoms with Gasteiger partial charge in [0, 0.05) is 12.7 Å². The van der Waals surface area contributed by atoms with Gasteiger partial charge in [0.1, 0.15) is 0 Å². The fourth-order valence-corrected chi connectivity index (χ4v) is 2.23. The first-order valence-corrected chi connectivity index (χ1v) is 7.27. The molecule has 0 amide bonds. The minimum atomic E-state index is 0.442. The molecule has 1 aromatic carbocycles. The summed E-state index contributed by atoms with van der Waals surface area (Å²) in [7, 11) is 0. The number of halogens is 3. The van der Waals surface area contributed by atoms with Crippen LogP contribution in [0.2, 0.25) is 15.1 Å². The second-order valence-corrected chi connectivity index (χ2v) is 5.53. The predicted molar refractivity (Wildman–Crippen MR) is 87.9 cm³/mol. The van der Waals surface area contributed by atoms with E-state index < -0.39 is 0 Å². The quantitative estimate of drug-likeness (QED) is 0.823. The molecule has 0 radical (unpaired) electrons. The van der Waals surface area contributed by atoms with Crippen molar-refractivity contribution >= 4 is 57.8 Å². The Hall–Kier alpha value is -1.01. The lowest BCUT2D eigenvalue weighted by Gasteiger charge is -2.12. The summed E-state index contributed by atoms with van der Waals surface area (Å²) in [4.78, 5) is 0. The molecule has 2 rings (SSSR count). The summed E-state index contributed by atoms with van der Waals surface area (Å²) < 4.78 is 1.73. The zero-order valence-electron chi connectivity index (χ0n) is 10.2. The number of nitrogens with one attached hydrogen (secondary N) is 2. The van der Waals surface area contributed by atoms with Gasteiger partial charge in [-0.2, -0.15) is 5.10 Å². The first-order chi connectivity index (χ1) is 9.56. The van der Waals surface area contributed by atoms with Gasteiger partial charge < -0.3 is 10.6 Å². The van der Waals surface area contributed by atoms with Crippen molar-refractivity contribution in [3.8, 4) is 0 Å². The van der Waals surface area contributed by atoms with Gasteiger partial charge in [0.05, 0.1) is 33.5 Å². The molecule has 2 N–H and O–H groups in total. The van der Waals surface area contributed by atoms with Gasteiger partial charge in [-0.25, -0.2) is 0 Å². The molecule has 1 aromatic heterocycles. The van der Waals surface area contributed by atoms with Crippen molar-refractivity contribution in [2.75, 3.05) is 11.9 Å². The molecular formula is C12H11Cl3N4S. The predicted octanol–water partition coefficient (Wildman–Crippen LogP) is 3.83. The Labute approximate surface area is 137 Å². The molecule has 0 aliphatic carbocycles. The van der Waals surface area contributed by atoms with Gasteiger partial charge >= 0.3 is 0 Å². The molecule has 0 aliphatic heterocycles. The summed E-state index contributed by atoms with van der Waals surface area (Å²) in [5, 5.41) is 12.1. The van der Waals surface area contributed by atoms with Gasteiger partial charge in [-0.1, -0.05) is 40.9 Å². The van der Waals surface area contributed by atoms with Crippen LogP contribution in [0.3, 0.4) is 0 Å². The van der Waals surface area contributed by atoms with Crippen LogP contribution in [0.25, 0.3) is 0 Å². The van der Waals surface area contributed by atoms with Gasteiger partial charge in [-0.3, -0.25) is 4.68 Å². The first-order valence-electron chi connectivity index (χ1n) is 5.73. The van der Waals surface area contributed by atoms with E-state index in [9.17, 15) is 0 Å². The summed E-state index contributed by atoms with van der Waals surface area (Å²) >= 11 is 22.9. The molecule has 0 atom stereocenters. The third kappa shape index (κ3) is 4.24. The van der Waals surface area contributed by atoms with Crippen molar-refractivity contribution in [2.45, 2.75) is 6.54 Å². The molecule has 0 bridgehead atoms. The average molecular weight is 350 g/mol. The molecule has 1 heterocycles. The van der Waals surface area contributed by atoms with Crippen LogP contribution in [-0.2, 0) is 6.54 Å². The zero-order valence-corrected chi connectivity index (χ0v) is 13.3. The molecule has 0 aliphatic rings. The van der Waals surface area contributed by atoms with E-state index >= 15 is 0 Å². The van der Waals surface area contributed by atoms with Crippen LogP contribution in [-0.4, -0.2) is 21.4 Å². The molecule has 0 fully saturated rings. The molecule has 2 aromatic rings. The highest BCUT2D eigenvalue weighted by molar-refractivity contribution is 7.80. The first kappa shape index (κ1) is 15.4. The van der Waals surface area contributed by atoms with Gasteiger partial charge in [0.15, 0.2) is 5.11 Å². The number of rotatable bonds is 4. The summed E-state index contributed by atoms with van der Waals surface area (Å²) in [6, 6.07) is 5.31. The van der Waals surface area contributed by atoms with Crippen molar-refractivity contribution in [1.29, 1.82) is 0 Å². The third-order valence-corrected chi connectivity index (χ3v) is 3.69. The fourth-order valence-electron chi connectivity index (χ4n) is 1.51. The fraction of sp³-hybridized carbons (Fsp3) is 0.167. The maximum atomic E-state index is 6.06. The van der Waals surface area contributed by atoms with Crippen LogP contribution in [0.4, 0.5) is 5.69 Å². The third-order valence-electron chi connectivity index (χ3n) is 2.43. The van der Waals surface area contributed by atoms with Crippen molar-refractivity contribution in [1.82, 2.24) is 15.1 Å². The van der Waals surface area contributed by atoms with Crippen molar-refractivity contribution in [3.05, 3.63) is 45.7 Å². The van der Waals surface area contributed by atoms with Crippen molar-refractivity contribution < 1.29 is 0 Å². The van der Waals surface area contributed by atoms with Gasteiger partial charge in [0.2, 0.25) is 0 Å². The summed E-state index contributed by atoms with van der Waals surface area (Å²) in [5.41, 5.74) is 0.666. The summed E-state index contributed by atoms with van der Waals surface area (Å²) in [6.07, 6.45) is 3.33. The van der Waals surface area contributed by atoms with Crippen molar-refractivity contribution in [3.63, 3.8) is 0 Å². The molecule has 0 spiro atoms. The topological polar surface area (TPSA) is 41.9 Å². The molecule has 0 saturated carbocycles. The number of nitrogens with zero attached hydrogens (tertiary/aromatic N) is 2. The normalized spacial score (nSPS) is 10.3. The second kappa shape index (κ2) is 7.13. The SMILES string of the molecule is S=C(NCCn1cc(Cl)cn1)Nc1cccc(Cl)c1Cl. The summed E-state index contributed by atoms with van der Waals surface area (Å²) in [6.45, 7) is 1.26. The van der Waals surface area contributed by atoms with Gasteiger partial charge in [0.25, 0.3) is 0 Å². The van der Waals surface area contributed by atoms with Crippen LogP contribution in [0, 0.1) is 0 Å². The highest BCUT2D eigenvalue weighted by Gasteiger charge is 2.05. The van der Waals surface area contributed by atoms with E-state index in [4.69, 9.17) is 47.0 Å². The number of hydrogen-bond donors (Lipinski definition) is 2. The van der Waals surface area contributed by atoms with Crippen LogP contribution < -0.4 is 10.6 Å². The Kier molecular flexibility index (Phi) is 5.48. The molecule has 106 valence electrons. The minimum Gasteiger partial charge on any atom is -0.361 e. The molecule has 0 saturated heterocycles. The molecule has 4 nitrogen and oxygen atoms in total. The largest absolute Gasteiger partial charge is 0.361 e. The Bertz CT molecular complexity index is 614. The standard InChI is InChI=1S/C12H11Cl3N4S/c13-8-6-17-19(7-8)5-4-16-12(20)18-10-3-1-2-9(14)11(10)15/h1-3,6-7H,4-5H2,(H2,16,18,20). The minimum absolute atomic E-state index is 0.442. The zero-order chi connectivity index (χ0) is 14.5. The van der Waals surface area contributed by atoms with E-state index in [2.05, 4.69) is 15.7 Å². The Morgan fingerprint density at radius 2 is 2.10 bits per heavy atom. The van der Waals surface area contributed by atoms with E-state index in [0.717, 1.165) is 0 Å². The number of benzene rings is 1. The smallest absolute Gasteiger partial charge is 0.170 e. The molecule has 0 unspecified atom stereocenters. The van der Waals surface area contributed by atoms with Crippen LogP contribution in [0.1, 0.15) is 0 Å². The van der Waals surface area contributed by atoms with E-state index in [-0.39, 0.29) is 0 Å². The Morgan fingerprint density at radius 3 is 2.80 bits per heavy atom. The second-order valence-electron chi connectivity index (χ2n) is 3.90. The lowest BCUT2D eigenvalue weighted by atomic mass is 10.3. The lowest BCUT2D eigenvalue weighted by Crippen LogP contribution is -2.31. The maximum Gasteiger partial charge on any atom is 0.170 e. The Morgan fingerprint density at radius 1 is 1.30 bits per heavy atom. The number of thiocarbonyl (C=S) groups is 1. The average Bonchev–Trinajstić information content (AvgIpc) is 2.81. The Balaban J connectivity index is 1.82. The molecule has 8 heteroatoms. The van der Waals surface area contributed by atoms with Crippen LogP contribution in [0.5, 0.6) is 0 Å². The highest BCUT2D eigenvalue weighted by Crippen LogP contribution is 2.29. The monoisotopic (exact) mass is 348 g/mol. The van der Waals surface area contributed by atoms with Crippen LogP contribution >= 0.6 is 47.0 Å². The molecular weight excluding hydrogens is 339 g/mol. The van der Waals surface area contributed by atoms with Gasteiger partial charge in [-0.05, 0) is 24.4 Å². The summed E-state index contributed by atoms with van der Waals surface area (Å²) in [5.74, 6) is 0. The van der Waals surface area contributed by atoms with Gasteiger partial charge in [-0.15, -0.1) is 0 Å². The highest BCUT2D eigenvalue weighted by atomic mass is 35.5. The van der Waals surface area contributed by atoms with E-state index in [0.29, 0.717) is 39.0 Å². The van der Waals surface area contributed by atoms with E-state index in [1.807, 2.05) is 0 Å². The number of anilines is 1.